The maximum absolute atomic E-state index is 10.2. The van der Waals surface area contributed by atoms with E-state index < -0.39 is 0 Å². The van der Waals surface area contributed by atoms with Gasteiger partial charge in [0, 0.05) is 18.6 Å². The molecule has 2 N–H and O–H groups in total. The lowest BCUT2D eigenvalue weighted by Gasteiger charge is -2.20. The number of phenolic OH excluding ortho intramolecular Hbond substituents is 1. The molecule has 3 rings (SSSR count). The first-order valence-corrected chi connectivity index (χ1v) is 12.5. The quantitative estimate of drug-likeness (QED) is 0.248. The van der Waals surface area contributed by atoms with Gasteiger partial charge in [-0.3, -0.25) is 0 Å². The van der Waals surface area contributed by atoms with Crippen molar-refractivity contribution < 1.29 is 19.7 Å². The topological polar surface area (TPSA) is 71.3 Å². The second kappa shape index (κ2) is 13.2. The summed E-state index contributed by atoms with van der Waals surface area (Å²) in [7, 11) is 0. The van der Waals surface area contributed by atoms with E-state index in [-0.39, 0.29) is 18.5 Å². The molecule has 2 aliphatic heterocycles. The molecule has 2 heterocycles. The molecule has 2 atom stereocenters. The summed E-state index contributed by atoms with van der Waals surface area (Å²) in [5, 5.41) is 19.2. The van der Waals surface area contributed by atoms with Crippen LogP contribution in [0.1, 0.15) is 70.8 Å². The highest BCUT2D eigenvalue weighted by Gasteiger charge is 2.25. The number of phenols is 1. The van der Waals surface area contributed by atoms with Gasteiger partial charge in [0.15, 0.2) is 23.8 Å². The fourth-order valence-corrected chi connectivity index (χ4v) is 4.11. The highest BCUT2D eigenvalue weighted by molar-refractivity contribution is 5.83. The number of aliphatic hydroxyl groups excluding tert-OH is 1. The monoisotopic (exact) mass is 453 g/mol. The molecule has 5 nitrogen and oxygen atoms in total. The lowest BCUT2D eigenvalue weighted by molar-refractivity contribution is 0.147. The van der Waals surface area contributed by atoms with E-state index in [0.717, 1.165) is 55.9 Å². The van der Waals surface area contributed by atoms with Gasteiger partial charge in [0.05, 0.1) is 12.5 Å². The van der Waals surface area contributed by atoms with E-state index in [1.54, 1.807) is 6.07 Å². The van der Waals surface area contributed by atoms with Crippen LogP contribution in [0, 0.1) is 18.4 Å². The highest BCUT2D eigenvalue weighted by Crippen LogP contribution is 2.31. The van der Waals surface area contributed by atoms with E-state index in [0.29, 0.717) is 24.7 Å². The Balaban J connectivity index is 1.41. The molecule has 0 fully saturated rings. The van der Waals surface area contributed by atoms with Gasteiger partial charge in [-0.2, -0.15) is 12.5 Å². The third-order valence-electron chi connectivity index (χ3n) is 6.27. The Hall–Kier alpha value is -2.53. The number of ether oxygens (including phenoxy) is 2. The van der Waals surface area contributed by atoms with E-state index in [1.807, 2.05) is 18.3 Å². The number of hydrogen-bond donors (Lipinski definition) is 2. The summed E-state index contributed by atoms with van der Waals surface area (Å²) in [5.74, 6) is 2.16. The zero-order chi connectivity index (χ0) is 23.5. The van der Waals surface area contributed by atoms with Crippen LogP contribution in [0.3, 0.4) is 0 Å². The highest BCUT2D eigenvalue weighted by atomic mass is 16.5. The van der Waals surface area contributed by atoms with Crippen molar-refractivity contribution in [3.05, 3.63) is 59.7 Å². The minimum Gasteiger partial charge on any atom is -0.592 e. The number of unbranched alkanes of at least 4 members (excludes halogenated alkanes) is 2. The lowest BCUT2D eigenvalue weighted by atomic mass is 9.95. The number of aromatic hydroxyl groups is 1. The van der Waals surface area contributed by atoms with Crippen LogP contribution in [0.15, 0.2) is 46.7 Å². The predicted octanol–water partition coefficient (Wildman–Crippen LogP) is 6.11. The maximum atomic E-state index is 10.2. The van der Waals surface area contributed by atoms with Crippen molar-refractivity contribution in [3.8, 4) is 11.5 Å². The SMILES string of the molecule is CCCCC1[CH-]C=C(CCc2ccc(O)c(OCC[C+]3C=C([C@H](C)CCCCO)C=N3)c2)O1. The van der Waals surface area contributed by atoms with Crippen molar-refractivity contribution in [3.63, 3.8) is 0 Å². The second-order valence-electron chi connectivity index (χ2n) is 9.04. The molecule has 0 aromatic heterocycles. The molecule has 180 valence electrons. The standard InChI is InChI=1S/C28H39NO4/c1-3-4-8-25-12-13-26(33-25)11-9-22-10-14-27(31)28(18-22)32-17-15-24-19-23(20-29-24)21(2)7-5-6-16-30/h10,12-14,18-21,25,30-31H,3-9,11,15-17H2,1-2H3/t21-,25?/m1/s1. The van der Waals surface area contributed by atoms with Gasteiger partial charge < -0.3 is 19.7 Å². The summed E-state index contributed by atoms with van der Waals surface area (Å²) in [4.78, 5) is 4.52. The van der Waals surface area contributed by atoms with Gasteiger partial charge in [0.2, 0.25) is 0 Å². The number of aryl methyl sites for hydroxylation is 1. The fraction of sp³-hybridized carbons (Fsp3) is 0.536. The molecule has 33 heavy (non-hydrogen) atoms. The van der Waals surface area contributed by atoms with Gasteiger partial charge in [-0.25, -0.2) is 0 Å². The average Bonchev–Trinajstić information content (AvgIpc) is 3.48. The molecule has 1 aromatic carbocycles. The Morgan fingerprint density at radius 3 is 2.94 bits per heavy atom. The van der Waals surface area contributed by atoms with Crippen LogP contribution in [-0.4, -0.2) is 35.7 Å². The number of aliphatic hydroxyl groups is 1. The summed E-state index contributed by atoms with van der Waals surface area (Å²) in [5.41, 5.74) is 2.36. The molecule has 0 radical (unpaired) electrons. The number of rotatable bonds is 15. The summed E-state index contributed by atoms with van der Waals surface area (Å²) in [6.07, 6.45) is 17.4. The van der Waals surface area contributed by atoms with Crippen molar-refractivity contribution in [2.45, 2.75) is 77.7 Å². The van der Waals surface area contributed by atoms with Gasteiger partial charge in [-0.1, -0.05) is 38.0 Å². The number of allylic oxidation sites excluding steroid dienone is 2. The molecule has 0 spiro atoms. The third-order valence-corrected chi connectivity index (χ3v) is 6.27. The van der Waals surface area contributed by atoms with Gasteiger partial charge in [-0.05, 0) is 56.7 Å². The third kappa shape index (κ3) is 8.08. The molecular weight excluding hydrogens is 414 g/mol. The Kier molecular flexibility index (Phi) is 10.1. The van der Waals surface area contributed by atoms with Gasteiger partial charge >= 0.3 is 0 Å². The Morgan fingerprint density at radius 2 is 2.12 bits per heavy atom. The average molecular weight is 454 g/mol. The van der Waals surface area contributed by atoms with E-state index in [2.05, 4.69) is 37.4 Å². The van der Waals surface area contributed by atoms with E-state index >= 15 is 0 Å². The molecular formula is C28H39NO4. The maximum Gasteiger partial charge on any atom is 0.176 e. The van der Waals surface area contributed by atoms with Crippen LogP contribution in [0.4, 0.5) is 0 Å². The largest absolute Gasteiger partial charge is 0.592 e. The van der Waals surface area contributed by atoms with Crippen LogP contribution >= 0.6 is 0 Å². The first-order valence-electron chi connectivity index (χ1n) is 12.5. The van der Waals surface area contributed by atoms with Crippen LogP contribution in [-0.2, 0) is 11.2 Å². The first-order chi connectivity index (χ1) is 16.1. The van der Waals surface area contributed by atoms with Crippen molar-refractivity contribution in [1.82, 2.24) is 0 Å². The summed E-state index contributed by atoms with van der Waals surface area (Å²) in [6, 6.07) is 6.58. The predicted molar refractivity (Wildman–Crippen MR) is 133 cm³/mol. The Morgan fingerprint density at radius 1 is 1.24 bits per heavy atom. The minimum atomic E-state index is 0.164. The van der Waals surface area contributed by atoms with Gasteiger partial charge in [-0.15, -0.1) is 4.99 Å². The Labute approximate surface area is 199 Å². The van der Waals surface area contributed by atoms with E-state index in [4.69, 9.17) is 14.6 Å². The Bertz CT molecular complexity index is 829. The second-order valence-corrected chi connectivity index (χ2v) is 9.04. The smallest absolute Gasteiger partial charge is 0.176 e. The van der Waals surface area contributed by atoms with Crippen molar-refractivity contribution in [1.29, 1.82) is 0 Å². The molecule has 0 amide bonds. The first kappa shape index (κ1) is 25.1. The molecule has 2 aliphatic rings. The number of benzene rings is 1. The summed E-state index contributed by atoms with van der Waals surface area (Å²) >= 11 is 0. The zero-order valence-corrected chi connectivity index (χ0v) is 20.1. The molecule has 1 aromatic rings. The molecule has 1 unspecified atom stereocenters. The molecule has 0 aliphatic carbocycles. The van der Waals surface area contributed by atoms with E-state index in [1.165, 1.54) is 18.4 Å². The van der Waals surface area contributed by atoms with Crippen molar-refractivity contribution in [2.75, 3.05) is 13.2 Å². The normalized spacial score (nSPS) is 18.0. The molecule has 5 heteroatoms. The van der Waals surface area contributed by atoms with Crippen LogP contribution in [0.25, 0.3) is 0 Å². The number of nitrogens with zero attached hydrogens (tertiary/aromatic N) is 1. The van der Waals surface area contributed by atoms with Crippen LogP contribution in [0.2, 0.25) is 0 Å². The molecule has 0 bridgehead atoms. The lowest BCUT2D eigenvalue weighted by Crippen LogP contribution is -2.06. The van der Waals surface area contributed by atoms with E-state index in [9.17, 15) is 5.11 Å². The van der Waals surface area contributed by atoms with Gasteiger partial charge in [0.25, 0.3) is 0 Å². The molecule has 0 saturated carbocycles. The van der Waals surface area contributed by atoms with Crippen LogP contribution < -0.4 is 4.74 Å². The van der Waals surface area contributed by atoms with Gasteiger partial charge in [0.1, 0.15) is 12.2 Å². The van der Waals surface area contributed by atoms with Crippen LogP contribution in [0.5, 0.6) is 11.5 Å². The van der Waals surface area contributed by atoms with Crippen molar-refractivity contribution >= 4 is 6.21 Å². The zero-order valence-electron chi connectivity index (χ0n) is 20.1. The number of hydrogen-bond acceptors (Lipinski definition) is 5. The minimum absolute atomic E-state index is 0.164. The molecule has 0 saturated heterocycles. The van der Waals surface area contributed by atoms with Crippen molar-refractivity contribution in [2.24, 2.45) is 10.9 Å². The number of aliphatic imine (C=N–C) groups is 1. The summed E-state index contributed by atoms with van der Waals surface area (Å²) < 4.78 is 11.9. The fourth-order valence-electron chi connectivity index (χ4n) is 4.11. The summed E-state index contributed by atoms with van der Waals surface area (Å²) in [6.45, 7) is 5.12.